The summed E-state index contributed by atoms with van der Waals surface area (Å²) in [5.41, 5.74) is 1.33. The summed E-state index contributed by atoms with van der Waals surface area (Å²) in [6, 6.07) is 11.1. The maximum Gasteiger partial charge on any atom is 0.319 e. The summed E-state index contributed by atoms with van der Waals surface area (Å²) < 4.78 is 33.4. The third-order valence-corrected chi connectivity index (χ3v) is 7.84. The van der Waals surface area contributed by atoms with E-state index in [2.05, 4.69) is 16.0 Å². The van der Waals surface area contributed by atoms with Gasteiger partial charge in [0.05, 0.1) is 7.11 Å². The molecule has 1 saturated carbocycles. The lowest BCUT2D eigenvalue weighted by molar-refractivity contribution is 0.102. The van der Waals surface area contributed by atoms with Crippen molar-refractivity contribution in [2.45, 2.75) is 49.5 Å². The summed E-state index contributed by atoms with van der Waals surface area (Å²) in [6.45, 7) is 0.919. The van der Waals surface area contributed by atoms with Crippen LogP contribution in [0.1, 0.15) is 48.9 Å². The first-order valence-corrected chi connectivity index (χ1v) is 13.0. The molecule has 3 amide bonds. The van der Waals surface area contributed by atoms with Crippen LogP contribution in [0.2, 0.25) is 0 Å². The molecule has 0 spiro atoms. The van der Waals surface area contributed by atoms with Crippen molar-refractivity contribution in [2.24, 2.45) is 0 Å². The highest BCUT2D eigenvalue weighted by molar-refractivity contribution is 7.89. The molecule has 4 rings (SSSR count). The van der Waals surface area contributed by atoms with Crippen LogP contribution in [-0.2, 0) is 10.0 Å². The molecule has 10 heteroatoms. The zero-order valence-electron chi connectivity index (χ0n) is 19.2. The van der Waals surface area contributed by atoms with E-state index in [0.29, 0.717) is 24.5 Å². The number of hydrogen-bond acceptors (Lipinski definition) is 5. The van der Waals surface area contributed by atoms with Crippen LogP contribution in [0, 0.1) is 0 Å². The highest BCUT2D eigenvalue weighted by Crippen LogP contribution is 2.30. The molecular weight excluding hydrogens is 456 g/mol. The van der Waals surface area contributed by atoms with Gasteiger partial charge in [0.25, 0.3) is 5.91 Å². The fourth-order valence-corrected chi connectivity index (χ4v) is 5.56. The largest absolute Gasteiger partial charge is 0.495 e. The molecule has 0 radical (unpaired) electrons. The lowest BCUT2D eigenvalue weighted by Gasteiger charge is -2.21. The Morgan fingerprint density at radius 3 is 2.12 bits per heavy atom. The topological polar surface area (TPSA) is 117 Å². The van der Waals surface area contributed by atoms with Gasteiger partial charge in [-0.1, -0.05) is 12.8 Å². The van der Waals surface area contributed by atoms with Crippen molar-refractivity contribution in [1.82, 2.24) is 9.62 Å². The summed E-state index contributed by atoms with van der Waals surface area (Å²) in [5.74, 6) is -0.233. The number of carbonyl (C=O) groups is 2. The maximum absolute atomic E-state index is 13.3. The molecule has 1 heterocycles. The van der Waals surface area contributed by atoms with E-state index in [9.17, 15) is 18.0 Å². The molecule has 1 aliphatic carbocycles. The Hall–Kier alpha value is -3.11. The molecule has 2 aromatic rings. The maximum atomic E-state index is 13.3. The number of nitrogens with one attached hydrogen (secondary N) is 3. The monoisotopic (exact) mass is 486 g/mol. The lowest BCUT2D eigenvalue weighted by atomic mass is 10.2. The highest BCUT2D eigenvalue weighted by atomic mass is 32.2. The van der Waals surface area contributed by atoms with Crippen molar-refractivity contribution in [3.05, 3.63) is 48.0 Å². The standard InChI is InChI=1S/C24H30N4O5S/c1-33-21-13-6-17(16-22(21)34(31,32)28-14-4-2-3-5-15-28)23(29)25-18-7-9-19(10-8-18)26-24(30)27-20-11-12-20/h6-10,13,16,20H,2-5,11-12,14-15H2,1H3,(H,25,29)(H2,26,27,30). The first-order chi connectivity index (χ1) is 16.4. The Bertz CT molecular complexity index is 1140. The summed E-state index contributed by atoms with van der Waals surface area (Å²) in [4.78, 5) is 24.7. The molecule has 1 aliphatic heterocycles. The number of sulfonamides is 1. The van der Waals surface area contributed by atoms with Crippen LogP contribution in [0.25, 0.3) is 0 Å². The number of benzene rings is 2. The highest BCUT2D eigenvalue weighted by Gasteiger charge is 2.29. The van der Waals surface area contributed by atoms with Gasteiger partial charge in [-0.05, 0) is 68.1 Å². The van der Waals surface area contributed by atoms with E-state index >= 15 is 0 Å². The zero-order valence-corrected chi connectivity index (χ0v) is 20.0. The van der Waals surface area contributed by atoms with Crippen molar-refractivity contribution in [1.29, 1.82) is 0 Å². The number of anilines is 2. The normalized spacial score (nSPS) is 16.9. The lowest BCUT2D eigenvalue weighted by Crippen LogP contribution is -2.32. The summed E-state index contributed by atoms with van der Waals surface area (Å²) >= 11 is 0. The Morgan fingerprint density at radius 2 is 1.53 bits per heavy atom. The van der Waals surface area contributed by atoms with E-state index in [-0.39, 0.29) is 28.3 Å². The predicted octanol–water partition coefficient (Wildman–Crippen LogP) is 3.80. The van der Waals surface area contributed by atoms with Gasteiger partial charge in [-0.3, -0.25) is 4.79 Å². The second kappa shape index (κ2) is 10.4. The van der Waals surface area contributed by atoms with Crippen LogP contribution in [0.15, 0.2) is 47.4 Å². The number of hydrogen-bond donors (Lipinski definition) is 3. The van der Waals surface area contributed by atoms with Crippen LogP contribution in [0.5, 0.6) is 5.75 Å². The molecule has 9 nitrogen and oxygen atoms in total. The van der Waals surface area contributed by atoms with E-state index < -0.39 is 15.9 Å². The quantitative estimate of drug-likeness (QED) is 0.550. The van der Waals surface area contributed by atoms with E-state index in [1.54, 1.807) is 24.3 Å². The summed E-state index contributed by atoms with van der Waals surface area (Å²) in [6.07, 6.45) is 5.65. The SMILES string of the molecule is COc1ccc(C(=O)Nc2ccc(NC(=O)NC3CC3)cc2)cc1S(=O)(=O)N1CCCCCC1. The third kappa shape index (κ3) is 5.87. The first kappa shape index (κ1) is 24.0. The van der Waals surface area contributed by atoms with Gasteiger partial charge < -0.3 is 20.7 Å². The first-order valence-electron chi connectivity index (χ1n) is 11.5. The Labute approximate surface area is 199 Å². The number of urea groups is 1. The molecule has 0 atom stereocenters. The Morgan fingerprint density at radius 1 is 0.912 bits per heavy atom. The smallest absolute Gasteiger partial charge is 0.319 e. The second-order valence-electron chi connectivity index (χ2n) is 8.59. The van der Waals surface area contributed by atoms with E-state index in [1.165, 1.54) is 29.6 Å². The molecular formula is C24H30N4O5S. The summed E-state index contributed by atoms with van der Waals surface area (Å²) in [5, 5.41) is 8.36. The van der Waals surface area contributed by atoms with Gasteiger partial charge in [0.15, 0.2) is 0 Å². The zero-order chi connectivity index (χ0) is 24.1. The molecule has 2 aromatic carbocycles. The number of methoxy groups -OCH3 is 1. The van der Waals surface area contributed by atoms with Crippen LogP contribution in [0.3, 0.4) is 0 Å². The van der Waals surface area contributed by atoms with Crippen LogP contribution >= 0.6 is 0 Å². The predicted molar refractivity (Wildman–Crippen MR) is 130 cm³/mol. The van der Waals surface area contributed by atoms with Gasteiger partial charge >= 0.3 is 6.03 Å². The molecule has 1 saturated heterocycles. The number of ether oxygens (including phenoxy) is 1. The molecule has 34 heavy (non-hydrogen) atoms. The molecule has 3 N–H and O–H groups in total. The van der Waals surface area contributed by atoms with Gasteiger partial charge in [-0.25, -0.2) is 13.2 Å². The number of nitrogens with zero attached hydrogens (tertiary/aromatic N) is 1. The van der Waals surface area contributed by atoms with Gasteiger partial charge in [0.1, 0.15) is 10.6 Å². The van der Waals surface area contributed by atoms with Crippen LogP contribution < -0.4 is 20.7 Å². The molecule has 0 aromatic heterocycles. The fourth-order valence-electron chi connectivity index (χ4n) is 3.86. The van der Waals surface area contributed by atoms with E-state index in [1.807, 2.05) is 0 Å². The summed E-state index contributed by atoms with van der Waals surface area (Å²) in [7, 11) is -2.38. The van der Waals surface area contributed by atoms with Crippen molar-refractivity contribution >= 4 is 33.3 Å². The molecule has 0 bridgehead atoms. The molecule has 0 unspecified atom stereocenters. The van der Waals surface area contributed by atoms with Crippen molar-refractivity contribution in [2.75, 3.05) is 30.8 Å². The number of carbonyl (C=O) groups excluding carboxylic acids is 2. The minimum Gasteiger partial charge on any atom is -0.495 e. The van der Waals surface area contributed by atoms with E-state index in [0.717, 1.165) is 38.5 Å². The van der Waals surface area contributed by atoms with Crippen LogP contribution in [0.4, 0.5) is 16.2 Å². The molecule has 2 fully saturated rings. The fraction of sp³-hybridized carbons (Fsp3) is 0.417. The Kier molecular flexibility index (Phi) is 7.38. The van der Waals surface area contributed by atoms with Gasteiger partial charge in [-0.2, -0.15) is 4.31 Å². The molecule has 2 aliphatic rings. The average Bonchev–Trinajstić information content (AvgIpc) is 3.67. The second-order valence-corrected chi connectivity index (χ2v) is 10.5. The van der Waals surface area contributed by atoms with Gasteiger partial charge in [0, 0.05) is 36.1 Å². The van der Waals surface area contributed by atoms with Crippen molar-refractivity contribution in [3.63, 3.8) is 0 Å². The van der Waals surface area contributed by atoms with E-state index in [4.69, 9.17) is 4.74 Å². The van der Waals surface area contributed by atoms with Crippen molar-refractivity contribution < 1.29 is 22.7 Å². The molecule has 182 valence electrons. The third-order valence-electron chi connectivity index (χ3n) is 5.92. The number of amides is 3. The van der Waals surface area contributed by atoms with Crippen molar-refractivity contribution in [3.8, 4) is 5.75 Å². The van der Waals surface area contributed by atoms with Gasteiger partial charge in [-0.15, -0.1) is 0 Å². The number of rotatable bonds is 7. The minimum atomic E-state index is -3.80. The van der Waals surface area contributed by atoms with Crippen LogP contribution in [-0.4, -0.2) is 50.9 Å². The average molecular weight is 487 g/mol. The Balaban J connectivity index is 1.47. The van der Waals surface area contributed by atoms with Gasteiger partial charge in [0.2, 0.25) is 10.0 Å². The minimum absolute atomic E-state index is 0.00854.